The highest BCUT2D eigenvalue weighted by Crippen LogP contribution is 2.51. The number of rotatable bonds is 1. The van der Waals surface area contributed by atoms with E-state index in [9.17, 15) is 0 Å². The summed E-state index contributed by atoms with van der Waals surface area (Å²) in [5, 5.41) is 0. The van der Waals surface area contributed by atoms with E-state index in [1.165, 1.54) is 0 Å². The van der Waals surface area contributed by atoms with Gasteiger partial charge >= 0.3 is 0 Å². The normalized spacial score (nSPS) is 12.3. The van der Waals surface area contributed by atoms with Crippen LogP contribution in [0.4, 0.5) is 22.7 Å². The van der Waals surface area contributed by atoms with Crippen molar-refractivity contribution in [2.45, 2.75) is 0 Å². The van der Waals surface area contributed by atoms with E-state index in [0.717, 1.165) is 22.8 Å². The number of nitrogen functional groups attached to an aromatic ring is 1. The van der Waals surface area contributed by atoms with E-state index in [-0.39, 0.29) is 0 Å². The topological polar surface area (TPSA) is 38.5 Å². The maximum atomic E-state index is 6.09. The van der Waals surface area contributed by atoms with E-state index in [0.29, 0.717) is 11.4 Å². The molecule has 0 radical (unpaired) electrons. The van der Waals surface area contributed by atoms with Crippen LogP contribution in [0.5, 0.6) is 11.5 Å². The summed E-state index contributed by atoms with van der Waals surface area (Å²) in [5.41, 5.74) is 9.79. The molecule has 0 unspecified atom stereocenters. The van der Waals surface area contributed by atoms with Gasteiger partial charge in [0.1, 0.15) is 0 Å². The number of fused-ring (bicyclic) bond motifs is 2. The Morgan fingerprint density at radius 2 is 1.43 bits per heavy atom. The maximum absolute atomic E-state index is 6.09. The van der Waals surface area contributed by atoms with Gasteiger partial charge in [0.2, 0.25) is 0 Å². The first-order valence-corrected chi connectivity index (χ1v) is 6.85. The molecular weight excluding hydrogens is 260 g/mol. The molecule has 2 N–H and O–H groups in total. The summed E-state index contributed by atoms with van der Waals surface area (Å²) >= 11 is 0. The van der Waals surface area contributed by atoms with Crippen LogP contribution in [0.2, 0.25) is 0 Å². The molecule has 102 valence electrons. The molecule has 0 aromatic heterocycles. The van der Waals surface area contributed by atoms with E-state index >= 15 is 0 Å². The highest BCUT2D eigenvalue weighted by molar-refractivity contribution is 5.89. The van der Waals surface area contributed by atoms with Gasteiger partial charge in [-0.3, -0.25) is 0 Å². The second-order valence-electron chi connectivity index (χ2n) is 4.94. The van der Waals surface area contributed by atoms with Crippen molar-refractivity contribution in [3.05, 3.63) is 72.8 Å². The number of benzene rings is 3. The highest BCUT2D eigenvalue weighted by Gasteiger charge is 2.26. The van der Waals surface area contributed by atoms with Crippen LogP contribution in [0.3, 0.4) is 0 Å². The zero-order valence-electron chi connectivity index (χ0n) is 11.4. The van der Waals surface area contributed by atoms with E-state index in [1.807, 2.05) is 54.6 Å². The molecule has 1 aliphatic rings. The summed E-state index contributed by atoms with van der Waals surface area (Å²) in [6.07, 6.45) is 0. The third-order valence-corrected chi connectivity index (χ3v) is 3.60. The first-order chi connectivity index (χ1) is 10.3. The van der Waals surface area contributed by atoms with Gasteiger partial charge in [0, 0.05) is 5.69 Å². The molecule has 3 heteroatoms. The molecule has 21 heavy (non-hydrogen) atoms. The van der Waals surface area contributed by atoms with Crippen LogP contribution in [-0.4, -0.2) is 0 Å². The minimum atomic E-state index is 0.642. The fourth-order valence-electron chi connectivity index (χ4n) is 2.65. The predicted molar refractivity (Wildman–Crippen MR) is 85.6 cm³/mol. The van der Waals surface area contributed by atoms with Gasteiger partial charge in [-0.25, -0.2) is 0 Å². The molecule has 0 amide bonds. The monoisotopic (exact) mass is 274 g/mol. The second kappa shape index (κ2) is 4.56. The molecule has 4 rings (SSSR count). The number of nitrogens with zero attached hydrogens (tertiary/aromatic N) is 1. The Labute approximate surface area is 123 Å². The van der Waals surface area contributed by atoms with Crippen molar-refractivity contribution in [1.82, 2.24) is 0 Å². The minimum Gasteiger partial charge on any atom is -0.451 e. The van der Waals surface area contributed by atoms with Crippen LogP contribution in [0, 0.1) is 0 Å². The number of nitrogens with two attached hydrogens (primary N) is 1. The molecule has 3 aromatic carbocycles. The summed E-state index contributed by atoms with van der Waals surface area (Å²) in [7, 11) is 0. The Morgan fingerprint density at radius 3 is 2.29 bits per heavy atom. The first-order valence-electron chi connectivity index (χ1n) is 6.85. The number of hydrogen-bond acceptors (Lipinski definition) is 3. The van der Waals surface area contributed by atoms with Gasteiger partial charge in [-0.05, 0) is 36.4 Å². The first kappa shape index (κ1) is 11.9. The van der Waals surface area contributed by atoms with Gasteiger partial charge in [0.25, 0.3) is 0 Å². The number of anilines is 4. The van der Waals surface area contributed by atoms with Gasteiger partial charge in [0.15, 0.2) is 11.5 Å². The third kappa shape index (κ3) is 1.82. The fraction of sp³-hybridized carbons (Fsp3) is 0. The van der Waals surface area contributed by atoms with Gasteiger partial charge in [0.05, 0.1) is 17.1 Å². The minimum absolute atomic E-state index is 0.642. The smallest absolute Gasteiger partial charge is 0.174 e. The molecule has 3 nitrogen and oxygen atoms in total. The quantitative estimate of drug-likeness (QED) is 0.504. The van der Waals surface area contributed by atoms with Crippen molar-refractivity contribution in [2.75, 3.05) is 10.6 Å². The molecule has 0 fully saturated rings. The van der Waals surface area contributed by atoms with Crippen LogP contribution in [0.25, 0.3) is 0 Å². The third-order valence-electron chi connectivity index (χ3n) is 3.60. The van der Waals surface area contributed by atoms with Crippen LogP contribution >= 0.6 is 0 Å². The van der Waals surface area contributed by atoms with Crippen molar-refractivity contribution in [3.63, 3.8) is 0 Å². The largest absolute Gasteiger partial charge is 0.451 e. The van der Waals surface area contributed by atoms with E-state index in [2.05, 4.69) is 23.1 Å². The Hall–Kier alpha value is -2.94. The molecule has 0 bridgehead atoms. The van der Waals surface area contributed by atoms with E-state index in [1.54, 1.807) is 0 Å². The SMILES string of the molecule is Nc1cccc2c1Oc1ccccc1N2c1ccccc1. The van der Waals surface area contributed by atoms with Crippen LogP contribution in [-0.2, 0) is 0 Å². The predicted octanol–water partition coefficient (Wildman–Crippen LogP) is 4.84. The van der Waals surface area contributed by atoms with Crippen molar-refractivity contribution >= 4 is 22.7 Å². The lowest BCUT2D eigenvalue weighted by Crippen LogP contribution is -2.16. The second-order valence-corrected chi connectivity index (χ2v) is 4.94. The van der Waals surface area contributed by atoms with Crippen LogP contribution in [0.1, 0.15) is 0 Å². The molecule has 1 heterocycles. The average molecular weight is 274 g/mol. The van der Waals surface area contributed by atoms with Crippen molar-refractivity contribution in [3.8, 4) is 11.5 Å². The average Bonchev–Trinajstić information content (AvgIpc) is 2.54. The Bertz CT molecular complexity index is 799. The Morgan fingerprint density at radius 1 is 0.714 bits per heavy atom. The molecule has 0 saturated heterocycles. The molecular formula is C18H14N2O. The Balaban J connectivity index is 2.00. The molecule has 1 aliphatic heterocycles. The number of para-hydroxylation sites is 4. The zero-order chi connectivity index (χ0) is 14.2. The number of hydrogen-bond donors (Lipinski definition) is 1. The lowest BCUT2D eigenvalue weighted by atomic mass is 10.1. The standard InChI is InChI=1S/C18H14N2O/c19-14-9-6-11-16-18(14)21-17-12-5-4-10-15(17)20(16)13-7-2-1-3-8-13/h1-12H,19H2. The van der Waals surface area contributed by atoms with Crippen LogP contribution < -0.4 is 15.4 Å². The van der Waals surface area contributed by atoms with Gasteiger partial charge in [-0.15, -0.1) is 0 Å². The van der Waals surface area contributed by atoms with Gasteiger partial charge < -0.3 is 15.4 Å². The highest BCUT2D eigenvalue weighted by atomic mass is 16.5. The van der Waals surface area contributed by atoms with Gasteiger partial charge in [-0.2, -0.15) is 0 Å². The van der Waals surface area contributed by atoms with Gasteiger partial charge in [-0.1, -0.05) is 36.4 Å². The van der Waals surface area contributed by atoms with E-state index in [4.69, 9.17) is 10.5 Å². The molecule has 0 aliphatic carbocycles. The number of ether oxygens (including phenoxy) is 1. The summed E-state index contributed by atoms with van der Waals surface area (Å²) in [6, 6.07) is 24.0. The van der Waals surface area contributed by atoms with Crippen LogP contribution in [0.15, 0.2) is 72.8 Å². The summed E-state index contributed by atoms with van der Waals surface area (Å²) in [6.45, 7) is 0. The molecule has 0 spiro atoms. The zero-order valence-corrected chi connectivity index (χ0v) is 11.4. The Kier molecular flexibility index (Phi) is 2.57. The van der Waals surface area contributed by atoms with Crippen molar-refractivity contribution < 1.29 is 4.74 Å². The van der Waals surface area contributed by atoms with Crippen molar-refractivity contribution in [1.29, 1.82) is 0 Å². The maximum Gasteiger partial charge on any atom is 0.174 e. The lowest BCUT2D eigenvalue weighted by Gasteiger charge is -2.33. The summed E-state index contributed by atoms with van der Waals surface area (Å²) in [5.74, 6) is 1.52. The van der Waals surface area contributed by atoms with E-state index < -0.39 is 0 Å². The lowest BCUT2D eigenvalue weighted by molar-refractivity contribution is 0.479. The molecule has 0 saturated carbocycles. The molecule has 3 aromatic rings. The summed E-state index contributed by atoms with van der Waals surface area (Å²) < 4.78 is 5.99. The summed E-state index contributed by atoms with van der Waals surface area (Å²) in [4.78, 5) is 2.17. The fourth-order valence-corrected chi connectivity index (χ4v) is 2.65. The van der Waals surface area contributed by atoms with Crippen molar-refractivity contribution in [2.24, 2.45) is 0 Å². The molecule has 0 atom stereocenters.